The number of amides is 1. The van der Waals surface area contributed by atoms with E-state index in [-0.39, 0.29) is 23.7 Å². The molecule has 1 N–H and O–H groups in total. The highest BCUT2D eigenvalue weighted by molar-refractivity contribution is 7.91. The van der Waals surface area contributed by atoms with Crippen LogP contribution in [0, 0.1) is 0 Å². The highest BCUT2D eigenvalue weighted by Crippen LogP contribution is 2.22. The van der Waals surface area contributed by atoms with Gasteiger partial charge in [0.2, 0.25) is 0 Å². The van der Waals surface area contributed by atoms with Crippen molar-refractivity contribution >= 4 is 26.8 Å². The lowest BCUT2D eigenvalue weighted by atomic mass is 10.0. The van der Waals surface area contributed by atoms with Crippen molar-refractivity contribution in [2.24, 2.45) is 0 Å². The number of hydrogen-bond donors (Lipinski definition) is 1. The van der Waals surface area contributed by atoms with Crippen molar-refractivity contribution in [3.8, 4) is 0 Å². The zero-order valence-electron chi connectivity index (χ0n) is 14.5. The summed E-state index contributed by atoms with van der Waals surface area (Å²) in [5.74, 6) is 0.372. The predicted molar refractivity (Wildman–Crippen MR) is 98.7 cm³/mol. The molecule has 1 aromatic heterocycles. The fourth-order valence-electron chi connectivity index (χ4n) is 3.80. The summed E-state index contributed by atoms with van der Waals surface area (Å²) in [6, 6.07) is 7.70. The first-order valence-electron chi connectivity index (χ1n) is 8.97. The zero-order valence-corrected chi connectivity index (χ0v) is 15.3. The molecule has 1 amide bonds. The number of nitrogens with zero attached hydrogens (tertiary/aromatic N) is 3. The number of aromatic nitrogens is 2. The molecule has 26 heavy (non-hydrogen) atoms. The highest BCUT2D eigenvalue weighted by Gasteiger charge is 2.34. The van der Waals surface area contributed by atoms with Crippen molar-refractivity contribution in [3.63, 3.8) is 0 Å². The van der Waals surface area contributed by atoms with Crippen LogP contribution in [0.25, 0.3) is 11.0 Å². The summed E-state index contributed by atoms with van der Waals surface area (Å²) in [5, 5.41) is 3.04. The number of carbonyl (C=O) groups is 1. The number of fused-ring (bicyclic) bond motifs is 1. The van der Waals surface area contributed by atoms with Crippen LogP contribution in [-0.2, 0) is 9.84 Å². The van der Waals surface area contributed by atoms with Gasteiger partial charge in [-0.1, -0.05) is 12.1 Å². The molecule has 0 aliphatic carbocycles. The molecule has 0 radical (unpaired) electrons. The quantitative estimate of drug-likeness (QED) is 0.862. The van der Waals surface area contributed by atoms with E-state index in [0.29, 0.717) is 17.0 Å². The molecule has 138 valence electrons. The number of benzene rings is 1. The summed E-state index contributed by atoms with van der Waals surface area (Å²) in [4.78, 5) is 23.4. The van der Waals surface area contributed by atoms with Gasteiger partial charge in [0.1, 0.15) is 5.69 Å². The Hall–Kier alpha value is -2.06. The summed E-state index contributed by atoms with van der Waals surface area (Å²) in [6.45, 7) is 1.63. The van der Waals surface area contributed by atoms with E-state index in [9.17, 15) is 13.2 Å². The number of carbonyl (C=O) groups excluding carboxylic acids is 1. The van der Waals surface area contributed by atoms with Gasteiger partial charge in [-0.15, -0.1) is 0 Å². The first-order valence-corrected chi connectivity index (χ1v) is 10.8. The van der Waals surface area contributed by atoms with Crippen molar-refractivity contribution < 1.29 is 13.2 Å². The molecule has 1 aromatic carbocycles. The molecule has 1 unspecified atom stereocenters. The molecular weight excluding hydrogens is 352 g/mol. The Balaban J connectivity index is 1.34. The fourth-order valence-corrected chi connectivity index (χ4v) is 5.56. The maximum Gasteiger partial charge on any atom is 0.271 e. The summed E-state index contributed by atoms with van der Waals surface area (Å²) in [6.07, 6.45) is 3.88. The predicted octanol–water partition coefficient (Wildman–Crippen LogP) is 1.01. The molecule has 0 spiro atoms. The molecule has 2 aliphatic heterocycles. The van der Waals surface area contributed by atoms with Gasteiger partial charge in [-0.3, -0.25) is 14.7 Å². The van der Waals surface area contributed by atoms with Crippen LogP contribution in [0.2, 0.25) is 0 Å². The minimum atomic E-state index is -2.86. The molecular formula is C18H22N4O3S. The van der Waals surface area contributed by atoms with Gasteiger partial charge in [-0.25, -0.2) is 13.4 Å². The van der Waals surface area contributed by atoms with Crippen LogP contribution in [0.3, 0.4) is 0 Å². The van der Waals surface area contributed by atoms with Crippen LogP contribution in [-0.4, -0.2) is 65.9 Å². The van der Waals surface area contributed by atoms with Crippen LogP contribution >= 0.6 is 0 Å². The van der Waals surface area contributed by atoms with Gasteiger partial charge >= 0.3 is 0 Å². The topological polar surface area (TPSA) is 92.3 Å². The number of para-hydroxylation sites is 2. The maximum atomic E-state index is 12.5. The number of hydrogen-bond acceptors (Lipinski definition) is 6. The molecule has 7 nitrogen and oxygen atoms in total. The van der Waals surface area contributed by atoms with Crippen LogP contribution in [0.1, 0.15) is 29.8 Å². The number of likely N-dealkylation sites (tertiary alicyclic amines) is 1. The minimum Gasteiger partial charge on any atom is -0.348 e. The van der Waals surface area contributed by atoms with Gasteiger partial charge in [0.25, 0.3) is 5.91 Å². The Morgan fingerprint density at radius 1 is 1.12 bits per heavy atom. The average Bonchev–Trinajstić information content (AvgIpc) is 3.02. The fraction of sp³-hybridized carbons (Fsp3) is 0.500. The van der Waals surface area contributed by atoms with E-state index in [1.54, 1.807) is 0 Å². The Kier molecular flexibility index (Phi) is 4.62. The Morgan fingerprint density at radius 3 is 2.54 bits per heavy atom. The highest BCUT2D eigenvalue weighted by atomic mass is 32.2. The number of piperidine rings is 1. The molecule has 2 aliphatic rings. The molecule has 0 saturated carbocycles. The lowest BCUT2D eigenvalue weighted by molar-refractivity contribution is 0.0893. The molecule has 2 fully saturated rings. The first kappa shape index (κ1) is 17.4. The van der Waals surface area contributed by atoms with Gasteiger partial charge in [0.05, 0.1) is 28.7 Å². The summed E-state index contributed by atoms with van der Waals surface area (Å²) in [5.41, 5.74) is 1.80. The first-order chi connectivity index (χ1) is 12.5. The van der Waals surface area contributed by atoms with Crippen molar-refractivity contribution in [2.45, 2.75) is 31.3 Å². The molecule has 0 bridgehead atoms. The molecule has 8 heteroatoms. The number of rotatable bonds is 3. The average molecular weight is 374 g/mol. The smallest absolute Gasteiger partial charge is 0.271 e. The van der Waals surface area contributed by atoms with Crippen LogP contribution in [0.4, 0.5) is 0 Å². The van der Waals surface area contributed by atoms with Crippen molar-refractivity contribution in [1.29, 1.82) is 0 Å². The number of sulfone groups is 1. The minimum absolute atomic E-state index is 0.0880. The van der Waals surface area contributed by atoms with Crippen LogP contribution in [0.15, 0.2) is 30.5 Å². The maximum absolute atomic E-state index is 12.5. The van der Waals surface area contributed by atoms with Gasteiger partial charge in [0, 0.05) is 25.2 Å². The Morgan fingerprint density at radius 2 is 1.85 bits per heavy atom. The van der Waals surface area contributed by atoms with Gasteiger partial charge in [0.15, 0.2) is 9.84 Å². The van der Waals surface area contributed by atoms with E-state index in [4.69, 9.17) is 0 Å². The summed E-state index contributed by atoms with van der Waals surface area (Å²) in [7, 11) is -2.86. The van der Waals surface area contributed by atoms with Gasteiger partial charge in [-0.2, -0.15) is 0 Å². The van der Waals surface area contributed by atoms with Crippen molar-refractivity contribution in [1.82, 2.24) is 20.2 Å². The third kappa shape index (κ3) is 3.71. The second kappa shape index (κ2) is 6.92. The molecule has 2 saturated heterocycles. The standard InChI is InChI=1S/C18H22N4O3S/c23-18(17-11-19-15-3-1-2-4-16(15)21-17)20-13-5-8-22(9-6-13)14-7-10-26(24,25)12-14/h1-4,11,13-14H,5-10,12H2,(H,20,23). The third-order valence-corrected chi connectivity index (χ3v) is 7.02. The van der Waals surface area contributed by atoms with E-state index in [0.717, 1.165) is 37.9 Å². The number of nitrogens with one attached hydrogen (secondary N) is 1. The molecule has 1 atom stereocenters. The monoisotopic (exact) mass is 374 g/mol. The van der Waals surface area contributed by atoms with E-state index in [1.165, 1.54) is 6.20 Å². The molecule has 3 heterocycles. The van der Waals surface area contributed by atoms with Gasteiger partial charge < -0.3 is 5.32 Å². The molecule has 4 rings (SSSR count). The Bertz CT molecular complexity index is 923. The van der Waals surface area contributed by atoms with Crippen LogP contribution < -0.4 is 5.32 Å². The van der Waals surface area contributed by atoms with Crippen molar-refractivity contribution in [2.75, 3.05) is 24.6 Å². The van der Waals surface area contributed by atoms with E-state index >= 15 is 0 Å². The van der Waals surface area contributed by atoms with Crippen molar-refractivity contribution in [3.05, 3.63) is 36.2 Å². The second-order valence-corrected chi connectivity index (χ2v) is 9.31. The van der Waals surface area contributed by atoms with E-state index < -0.39 is 9.84 Å². The Labute approximate surface area is 152 Å². The molecule has 2 aromatic rings. The lowest BCUT2D eigenvalue weighted by Crippen LogP contribution is -2.48. The van der Waals surface area contributed by atoms with E-state index in [1.807, 2.05) is 24.3 Å². The van der Waals surface area contributed by atoms with E-state index in [2.05, 4.69) is 20.2 Å². The largest absolute Gasteiger partial charge is 0.348 e. The van der Waals surface area contributed by atoms with Crippen LogP contribution in [0.5, 0.6) is 0 Å². The van der Waals surface area contributed by atoms with Gasteiger partial charge in [-0.05, 0) is 31.4 Å². The third-order valence-electron chi connectivity index (χ3n) is 5.27. The SMILES string of the molecule is O=C(NC1CCN(C2CCS(=O)(=O)C2)CC1)c1cnc2ccccc2n1. The second-order valence-electron chi connectivity index (χ2n) is 7.08. The zero-order chi connectivity index (χ0) is 18.1. The lowest BCUT2D eigenvalue weighted by Gasteiger charge is -2.35. The normalized spacial score (nSPS) is 23.9. The summed E-state index contributed by atoms with van der Waals surface area (Å²) < 4.78 is 23.3. The summed E-state index contributed by atoms with van der Waals surface area (Å²) >= 11 is 0.